The highest BCUT2D eigenvalue weighted by molar-refractivity contribution is 5.79. The van der Waals surface area contributed by atoms with Crippen LogP contribution in [0.25, 0.3) is 0 Å². The van der Waals surface area contributed by atoms with E-state index in [1.165, 1.54) is 37.1 Å². The van der Waals surface area contributed by atoms with E-state index in [0.29, 0.717) is 13.2 Å². The lowest BCUT2D eigenvalue weighted by Crippen LogP contribution is -2.44. The number of aliphatic hydroxyl groups excluding tert-OH is 1. The summed E-state index contributed by atoms with van der Waals surface area (Å²) in [4.78, 5) is 7.46. The van der Waals surface area contributed by atoms with Crippen LogP contribution in [0.1, 0.15) is 50.7 Å². The van der Waals surface area contributed by atoms with Gasteiger partial charge in [-0.05, 0) is 56.2 Å². The lowest BCUT2D eigenvalue weighted by molar-refractivity contribution is 0.127. The Bertz CT molecular complexity index is 673. The van der Waals surface area contributed by atoms with Crippen molar-refractivity contribution < 1.29 is 9.84 Å². The molecule has 0 aliphatic carbocycles. The molecule has 2 heterocycles. The number of aliphatic hydroxyl groups is 1. The van der Waals surface area contributed by atoms with Crippen molar-refractivity contribution in [3.63, 3.8) is 0 Å². The van der Waals surface area contributed by atoms with Crippen LogP contribution in [0.2, 0.25) is 0 Å². The average molecular weight is 417 g/mol. The molecule has 0 spiro atoms. The third-order valence-electron chi connectivity index (χ3n) is 6.46. The molecule has 2 aliphatic rings. The summed E-state index contributed by atoms with van der Waals surface area (Å²) in [6.45, 7) is 11.8. The third kappa shape index (κ3) is 6.69. The van der Waals surface area contributed by atoms with E-state index in [-0.39, 0.29) is 12.0 Å². The number of guanidine groups is 1. The molecule has 2 fully saturated rings. The van der Waals surface area contributed by atoms with E-state index in [0.717, 1.165) is 51.0 Å². The Hall–Kier alpha value is -1.63. The van der Waals surface area contributed by atoms with Crippen LogP contribution >= 0.6 is 0 Å². The topological polar surface area (TPSA) is 69.1 Å². The lowest BCUT2D eigenvalue weighted by atomic mass is 9.84. The maximum atomic E-state index is 9.46. The van der Waals surface area contributed by atoms with Gasteiger partial charge < -0.3 is 20.5 Å². The van der Waals surface area contributed by atoms with Crippen molar-refractivity contribution in [3.05, 3.63) is 35.4 Å². The number of piperidine rings is 1. The summed E-state index contributed by atoms with van der Waals surface area (Å²) in [7, 11) is 0. The first-order valence-corrected chi connectivity index (χ1v) is 11.6. The van der Waals surface area contributed by atoms with Crippen LogP contribution in [0.15, 0.2) is 29.3 Å². The van der Waals surface area contributed by atoms with E-state index < -0.39 is 0 Å². The number of benzene rings is 1. The fourth-order valence-corrected chi connectivity index (χ4v) is 4.63. The van der Waals surface area contributed by atoms with Crippen LogP contribution in [-0.2, 0) is 17.8 Å². The Morgan fingerprint density at radius 1 is 1.30 bits per heavy atom. The molecule has 0 radical (unpaired) electrons. The minimum absolute atomic E-state index is 0.00774. The van der Waals surface area contributed by atoms with Crippen LogP contribution in [0.4, 0.5) is 0 Å². The highest BCUT2D eigenvalue weighted by atomic mass is 16.5. The molecule has 168 valence electrons. The molecule has 1 aromatic rings. The smallest absolute Gasteiger partial charge is 0.191 e. The summed E-state index contributed by atoms with van der Waals surface area (Å²) >= 11 is 0. The number of hydrogen-bond acceptors (Lipinski definition) is 4. The van der Waals surface area contributed by atoms with Crippen LogP contribution < -0.4 is 10.6 Å². The van der Waals surface area contributed by atoms with Gasteiger partial charge in [-0.1, -0.05) is 31.2 Å². The summed E-state index contributed by atoms with van der Waals surface area (Å²) in [6.07, 6.45) is 4.39. The molecule has 0 aromatic heterocycles. The zero-order valence-corrected chi connectivity index (χ0v) is 18.8. The van der Waals surface area contributed by atoms with Gasteiger partial charge in [0.2, 0.25) is 0 Å². The van der Waals surface area contributed by atoms with Crippen molar-refractivity contribution in [3.8, 4) is 0 Å². The van der Waals surface area contributed by atoms with E-state index >= 15 is 0 Å². The third-order valence-corrected chi connectivity index (χ3v) is 6.46. The zero-order chi connectivity index (χ0) is 21.2. The zero-order valence-electron chi connectivity index (χ0n) is 18.8. The molecule has 0 bridgehead atoms. The van der Waals surface area contributed by atoms with Crippen molar-refractivity contribution in [1.29, 1.82) is 0 Å². The Morgan fingerprint density at radius 3 is 2.83 bits per heavy atom. The second-order valence-corrected chi connectivity index (χ2v) is 9.08. The molecule has 2 atom stereocenters. The Labute approximate surface area is 182 Å². The number of aliphatic imine (C=N–C) groups is 1. The SMILES string of the molecule is CCNC(=NCc1ccccc1CN1CCCC(C)C1)NCC1(CCO)CCOC1. The molecule has 2 unspecified atom stereocenters. The first kappa shape index (κ1) is 23.0. The number of rotatable bonds is 9. The Kier molecular flexibility index (Phi) is 8.97. The van der Waals surface area contributed by atoms with E-state index in [2.05, 4.69) is 53.6 Å². The quantitative estimate of drug-likeness (QED) is 0.427. The average Bonchev–Trinajstić information content (AvgIpc) is 3.20. The standard InChI is InChI=1S/C24H40N4O2/c1-3-25-23(27-18-24(10-13-29)11-14-30-19-24)26-15-21-8-4-5-9-22(21)17-28-12-6-7-20(2)16-28/h4-5,8-9,20,29H,3,6-7,10-19H2,1-2H3,(H2,25,26,27). The first-order valence-electron chi connectivity index (χ1n) is 11.6. The first-order chi connectivity index (χ1) is 14.6. The molecule has 6 nitrogen and oxygen atoms in total. The number of hydrogen-bond donors (Lipinski definition) is 3. The normalized spacial score (nSPS) is 25.4. The number of nitrogens with zero attached hydrogens (tertiary/aromatic N) is 2. The highest BCUT2D eigenvalue weighted by Gasteiger charge is 2.34. The van der Waals surface area contributed by atoms with Crippen molar-refractivity contribution in [1.82, 2.24) is 15.5 Å². The van der Waals surface area contributed by atoms with Gasteiger partial charge in [-0.2, -0.15) is 0 Å². The summed E-state index contributed by atoms with van der Waals surface area (Å²) < 4.78 is 5.61. The second kappa shape index (κ2) is 11.7. The van der Waals surface area contributed by atoms with Crippen molar-refractivity contribution in [2.75, 3.05) is 46.0 Å². The lowest BCUT2D eigenvalue weighted by Gasteiger charge is -2.31. The van der Waals surface area contributed by atoms with Crippen LogP contribution in [-0.4, -0.2) is 62.0 Å². The fourth-order valence-electron chi connectivity index (χ4n) is 4.63. The molecule has 30 heavy (non-hydrogen) atoms. The predicted octanol–water partition coefficient (Wildman–Crippen LogP) is 2.76. The maximum absolute atomic E-state index is 9.46. The van der Waals surface area contributed by atoms with Gasteiger partial charge in [0.15, 0.2) is 5.96 Å². The molecule has 3 N–H and O–H groups in total. The van der Waals surface area contributed by atoms with E-state index in [9.17, 15) is 5.11 Å². The molecule has 0 saturated carbocycles. The molecular weight excluding hydrogens is 376 g/mol. The summed E-state index contributed by atoms with van der Waals surface area (Å²) in [5.41, 5.74) is 2.68. The Morgan fingerprint density at radius 2 is 2.13 bits per heavy atom. The minimum Gasteiger partial charge on any atom is -0.396 e. The van der Waals surface area contributed by atoms with Crippen molar-refractivity contribution in [2.24, 2.45) is 16.3 Å². The molecule has 2 saturated heterocycles. The fraction of sp³-hybridized carbons (Fsp3) is 0.708. The monoisotopic (exact) mass is 416 g/mol. The number of likely N-dealkylation sites (tertiary alicyclic amines) is 1. The van der Waals surface area contributed by atoms with Crippen LogP contribution in [0.3, 0.4) is 0 Å². The predicted molar refractivity (Wildman–Crippen MR) is 123 cm³/mol. The highest BCUT2D eigenvalue weighted by Crippen LogP contribution is 2.31. The van der Waals surface area contributed by atoms with Crippen molar-refractivity contribution >= 4 is 5.96 Å². The van der Waals surface area contributed by atoms with E-state index in [4.69, 9.17) is 9.73 Å². The van der Waals surface area contributed by atoms with E-state index in [1.54, 1.807) is 0 Å². The van der Waals surface area contributed by atoms with Gasteiger partial charge in [0.25, 0.3) is 0 Å². The molecule has 2 aliphatic heterocycles. The summed E-state index contributed by atoms with van der Waals surface area (Å²) in [5, 5.41) is 16.3. The second-order valence-electron chi connectivity index (χ2n) is 9.08. The molecule has 0 amide bonds. The van der Waals surface area contributed by atoms with Crippen LogP contribution in [0.5, 0.6) is 0 Å². The molecular formula is C24H40N4O2. The van der Waals surface area contributed by atoms with Gasteiger partial charge in [0.05, 0.1) is 13.2 Å². The van der Waals surface area contributed by atoms with Gasteiger partial charge in [0, 0.05) is 44.8 Å². The van der Waals surface area contributed by atoms with Gasteiger partial charge in [-0.3, -0.25) is 4.90 Å². The maximum Gasteiger partial charge on any atom is 0.191 e. The molecule has 6 heteroatoms. The van der Waals surface area contributed by atoms with Crippen LogP contribution in [0, 0.1) is 11.3 Å². The van der Waals surface area contributed by atoms with Gasteiger partial charge >= 0.3 is 0 Å². The molecule has 1 aromatic carbocycles. The van der Waals surface area contributed by atoms with Gasteiger partial charge in [0.1, 0.15) is 0 Å². The van der Waals surface area contributed by atoms with Crippen molar-refractivity contribution in [2.45, 2.75) is 52.6 Å². The molecule has 3 rings (SSSR count). The largest absolute Gasteiger partial charge is 0.396 e. The summed E-state index contributed by atoms with van der Waals surface area (Å²) in [6, 6.07) is 8.70. The van der Waals surface area contributed by atoms with Gasteiger partial charge in [-0.25, -0.2) is 4.99 Å². The number of nitrogens with one attached hydrogen (secondary N) is 2. The van der Waals surface area contributed by atoms with E-state index in [1.807, 2.05) is 0 Å². The summed E-state index contributed by atoms with van der Waals surface area (Å²) in [5.74, 6) is 1.63. The minimum atomic E-state index is 0.00774. The number of ether oxygens (including phenoxy) is 1. The van der Waals surface area contributed by atoms with Gasteiger partial charge in [-0.15, -0.1) is 0 Å². The Balaban J connectivity index is 1.63.